The van der Waals surface area contributed by atoms with Crippen molar-refractivity contribution in [3.05, 3.63) is 198 Å². The first kappa shape index (κ1) is 35.1. The van der Waals surface area contributed by atoms with E-state index in [0.717, 1.165) is 64.1 Å². The third-order valence-electron chi connectivity index (χ3n) is 10.7. The molecule has 7 rings (SSSR count). The average Bonchev–Trinajstić information content (AvgIpc) is 3.22. The minimum atomic E-state index is -0.183. The molecule has 0 fully saturated rings. The monoisotopic (exact) mass is 686 g/mol. The Morgan fingerprint density at radius 3 is 2.45 bits per heavy atom. The topological polar surface area (TPSA) is 73.4 Å². The summed E-state index contributed by atoms with van der Waals surface area (Å²) in [6.07, 6.45) is 36.7. The predicted molar refractivity (Wildman–Crippen MR) is 218 cm³/mol. The first-order valence-corrected chi connectivity index (χ1v) is 18.4. The summed E-state index contributed by atoms with van der Waals surface area (Å²) in [5, 5.41) is 19.3. The van der Waals surface area contributed by atoms with Gasteiger partial charge in [-0.15, -0.1) is 0 Å². The van der Waals surface area contributed by atoms with Gasteiger partial charge >= 0.3 is 0 Å². The Morgan fingerprint density at radius 1 is 0.943 bits per heavy atom. The molecule has 258 valence electrons. The van der Waals surface area contributed by atoms with Gasteiger partial charge < -0.3 is 0 Å². The van der Waals surface area contributed by atoms with Gasteiger partial charge in [0, 0.05) is 22.5 Å². The molecule has 0 saturated carbocycles. The Hall–Kier alpha value is -6.36. The van der Waals surface area contributed by atoms with E-state index in [1.165, 1.54) is 11.1 Å². The minimum Gasteiger partial charge on any atom is -0.232 e. The number of rotatable bonds is 9. The molecular formula is C49H42N4. The van der Waals surface area contributed by atoms with Crippen LogP contribution in [0.2, 0.25) is 0 Å². The molecule has 2 aromatic carbocycles. The summed E-state index contributed by atoms with van der Waals surface area (Å²) in [5.74, 6) is 0.871. The number of aromatic nitrogens is 2. The summed E-state index contributed by atoms with van der Waals surface area (Å²) in [5.41, 5.74) is 10.9. The number of nitriles is 2. The molecule has 0 amide bonds. The van der Waals surface area contributed by atoms with Crippen LogP contribution in [0.3, 0.4) is 0 Å². The zero-order valence-electron chi connectivity index (χ0n) is 30.3. The Balaban J connectivity index is 1.14. The summed E-state index contributed by atoms with van der Waals surface area (Å²) in [6.45, 7) is 8.43. The van der Waals surface area contributed by atoms with Crippen molar-refractivity contribution in [1.82, 2.24) is 9.97 Å². The number of hydrogen-bond acceptors (Lipinski definition) is 4. The minimum absolute atomic E-state index is 0.114. The molecular weight excluding hydrogens is 645 g/mol. The van der Waals surface area contributed by atoms with E-state index in [0.29, 0.717) is 11.4 Å². The van der Waals surface area contributed by atoms with Crippen LogP contribution in [0.15, 0.2) is 170 Å². The molecule has 3 aromatic rings. The van der Waals surface area contributed by atoms with Crippen molar-refractivity contribution in [2.24, 2.45) is 17.8 Å². The fourth-order valence-corrected chi connectivity index (χ4v) is 7.47. The Labute approximate surface area is 313 Å². The van der Waals surface area contributed by atoms with Gasteiger partial charge in [-0.25, -0.2) is 9.97 Å². The summed E-state index contributed by atoms with van der Waals surface area (Å²) in [6, 6.07) is 23.2. The van der Waals surface area contributed by atoms with E-state index in [9.17, 15) is 10.5 Å². The fraction of sp³-hybridized carbons (Fsp3) is 0.184. The van der Waals surface area contributed by atoms with Gasteiger partial charge in [0.1, 0.15) is 0 Å². The standard InChI is InChI=1S/C49H42N4/c1-4-37(48-52-46(39-14-8-6-9-15-39)31-47(53-48)49(5-2)23-10-7-11-24-49)16-12-13-35-17-18-38-19-20-41(29-43(38)26-35)45-28-36(32-50)27-44(30-45)40-21-22-42(33-51)34(3)25-40/h4,6-23,25,27-31,34,42-43H,1,5,24,26H2,2-3H3/b13-12+,37-16+. The van der Waals surface area contributed by atoms with E-state index in [4.69, 9.17) is 9.97 Å². The molecule has 4 aliphatic rings. The Bertz CT molecular complexity index is 2340. The summed E-state index contributed by atoms with van der Waals surface area (Å²) in [4.78, 5) is 10.2. The molecule has 4 unspecified atom stereocenters. The molecule has 4 nitrogen and oxygen atoms in total. The Morgan fingerprint density at radius 2 is 1.75 bits per heavy atom. The van der Waals surface area contributed by atoms with E-state index in [-0.39, 0.29) is 23.2 Å². The van der Waals surface area contributed by atoms with E-state index < -0.39 is 0 Å². The van der Waals surface area contributed by atoms with Crippen molar-refractivity contribution in [3.63, 3.8) is 0 Å². The third-order valence-corrected chi connectivity index (χ3v) is 10.7. The summed E-state index contributed by atoms with van der Waals surface area (Å²) in [7, 11) is 0. The lowest BCUT2D eigenvalue weighted by Gasteiger charge is -2.30. The molecule has 0 saturated heterocycles. The van der Waals surface area contributed by atoms with Crippen LogP contribution in [-0.2, 0) is 5.41 Å². The Kier molecular flexibility index (Phi) is 10.2. The van der Waals surface area contributed by atoms with Crippen molar-refractivity contribution < 1.29 is 0 Å². The highest BCUT2D eigenvalue weighted by molar-refractivity contribution is 5.83. The van der Waals surface area contributed by atoms with E-state index in [2.05, 4.69) is 136 Å². The second kappa shape index (κ2) is 15.5. The number of allylic oxidation sites excluding steroid dienone is 21. The van der Waals surface area contributed by atoms with Crippen LogP contribution in [0.1, 0.15) is 61.3 Å². The van der Waals surface area contributed by atoms with Gasteiger partial charge in [-0.3, -0.25) is 0 Å². The second-order valence-electron chi connectivity index (χ2n) is 14.1. The quantitative estimate of drug-likeness (QED) is 0.210. The maximum atomic E-state index is 9.90. The SMILES string of the molecule is C=C/C(=C\C=C\C1=CC=C2C=CC(c3cc(C#N)cc(C4=CC(C)C(C#N)C=C4)c3)=CC2C1)c1nc(-c2ccccc2)cc(C2(CC)C=CC=CC2)n1. The highest BCUT2D eigenvalue weighted by Gasteiger charge is 2.30. The van der Waals surface area contributed by atoms with Gasteiger partial charge in [-0.05, 0) is 82.9 Å². The molecule has 0 radical (unpaired) electrons. The normalized spacial score (nSPS) is 23.3. The molecule has 0 aliphatic heterocycles. The van der Waals surface area contributed by atoms with Gasteiger partial charge in [-0.2, -0.15) is 10.5 Å². The van der Waals surface area contributed by atoms with E-state index in [1.54, 1.807) is 0 Å². The van der Waals surface area contributed by atoms with E-state index in [1.807, 2.05) is 48.6 Å². The van der Waals surface area contributed by atoms with Crippen LogP contribution in [-0.4, -0.2) is 9.97 Å². The zero-order chi connectivity index (χ0) is 36.8. The van der Waals surface area contributed by atoms with Crippen LogP contribution < -0.4 is 0 Å². The van der Waals surface area contributed by atoms with Gasteiger partial charge in [0.25, 0.3) is 0 Å². The zero-order valence-corrected chi connectivity index (χ0v) is 30.3. The maximum Gasteiger partial charge on any atom is 0.160 e. The van der Waals surface area contributed by atoms with Crippen molar-refractivity contribution >= 4 is 16.7 Å². The number of nitrogens with zero attached hydrogens (tertiary/aromatic N) is 4. The molecule has 4 atom stereocenters. The largest absolute Gasteiger partial charge is 0.232 e. The van der Waals surface area contributed by atoms with Crippen molar-refractivity contribution in [2.45, 2.75) is 38.5 Å². The fourth-order valence-electron chi connectivity index (χ4n) is 7.47. The molecule has 0 spiro atoms. The number of benzene rings is 2. The highest BCUT2D eigenvalue weighted by Crippen LogP contribution is 2.39. The summed E-state index contributed by atoms with van der Waals surface area (Å²) >= 11 is 0. The lowest BCUT2D eigenvalue weighted by Crippen LogP contribution is -2.25. The van der Waals surface area contributed by atoms with Crippen molar-refractivity contribution in [1.29, 1.82) is 10.5 Å². The number of hydrogen-bond donors (Lipinski definition) is 0. The lowest BCUT2D eigenvalue weighted by atomic mass is 9.76. The van der Waals surface area contributed by atoms with Crippen LogP contribution in [0, 0.1) is 40.4 Å². The van der Waals surface area contributed by atoms with Crippen LogP contribution in [0.5, 0.6) is 0 Å². The third kappa shape index (κ3) is 7.50. The average molecular weight is 687 g/mol. The molecule has 1 heterocycles. The maximum absolute atomic E-state index is 9.90. The van der Waals surface area contributed by atoms with Crippen molar-refractivity contribution in [2.75, 3.05) is 0 Å². The van der Waals surface area contributed by atoms with E-state index >= 15 is 0 Å². The summed E-state index contributed by atoms with van der Waals surface area (Å²) < 4.78 is 0. The smallest absolute Gasteiger partial charge is 0.160 e. The number of fused-ring (bicyclic) bond motifs is 1. The predicted octanol–water partition coefficient (Wildman–Crippen LogP) is 11.6. The lowest BCUT2D eigenvalue weighted by molar-refractivity contribution is 0.501. The second-order valence-corrected chi connectivity index (χ2v) is 14.1. The molecule has 4 heteroatoms. The first-order valence-electron chi connectivity index (χ1n) is 18.4. The van der Waals surface area contributed by atoms with Crippen LogP contribution in [0.4, 0.5) is 0 Å². The molecule has 1 aromatic heterocycles. The highest BCUT2D eigenvalue weighted by atomic mass is 14.9. The molecule has 0 bridgehead atoms. The van der Waals surface area contributed by atoms with Gasteiger partial charge in [0.15, 0.2) is 5.82 Å². The molecule has 4 aliphatic carbocycles. The molecule has 53 heavy (non-hydrogen) atoms. The van der Waals surface area contributed by atoms with Gasteiger partial charge in [0.05, 0.1) is 35.0 Å². The van der Waals surface area contributed by atoms with Crippen molar-refractivity contribution in [3.8, 4) is 23.4 Å². The van der Waals surface area contributed by atoms with Crippen LogP contribution >= 0.6 is 0 Å². The van der Waals surface area contributed by atoms with Crippen LogP contribution in [0.25, 0.3) is 28.0 Å². The van der Waals surface area contributed by atoms with Gasteiger partial charge in [0.2, 0.25) is 0 Å². The molecule has 0 N–H and O–H groups in total. The first-order chi connectivity index (χ1) is 25.9. The van der Waals surface area contributed by atoms with Gasteiger partial charge in [-0.1, -0.05) is 148 Å².